The summed E-state index contributed by atoms with van der Waals surface area (Å²) in [5.41, 5.74) is 22.3. The molecule has 594 valence electrons. The summed E-state index contributed by atoms with van der Waals surface area (Å²) < 4.78 is 0. The van der Waals surface area contributed by atoms with Crippen molar-refractivity contribution >= 4 is 120 Å². The van der Waals surface area contributed by atoms with Crippen molar-refractivity contribution in [2.75, 3.05) is 37.7 Å². The fourth-order valence-electron chi connectivity index (χ4n) is 15.0. The lowest BCUT2D eigenvalue weighted by molar-refractivity contribution is -0.145. The van der Waals surface area contributed by atoms with Gasteiger partial charge in [0.25, 0.3) is 0 Å². The number of allylic oxidation sites excluding steroid dienone is 1. The number of aromatic amines is 3. The van der Waals surface area contributed by atoms with Gasteiger partial charge in [0.05, 0.1) is 12.4 Å². The third kappa shape index (κ3) is 24.0. The highest BCUT2D eigenvalue weighted by Gasteiger charge is 2.42. The molecule has 28 nitrogen and oxygen atoms in total. The molecule has 6 aromatic rings. The zero-order valence-electron chi connectivity index (χ0n) is 63.0. The van der Waals surface area contributed by atoms with Crippen LogP contribution in [0.25, 0.3) is 21.8 Å². The fourth-order valence-corrected chi connectivity index (χ4v) is 17.5. The molecule has 10 rings (SSSR count). The van der Waals surface area contributed by atoms with Crippen LogP contribution in [0.5, 0.6) is 0 Å². The Kier molecular flexibility index (Phi) is 31.8. The normalized spacial score (nSPS) is 25.4. The van der Waals surface area contributed by atoms with Crippen LogP contribution in [0.1, 0.15) is 145 Å². The maximum Gasteiger partial charge on any atom is 0.246 e. The van der Waals surface area contributed by atoms with Gasteiger partial charge in [0.1, 0.15) is 59.6 Å². The number of fused-ring (bicyclic) bond motifs is 8. The van der Waals surface area contributed by atoms with E-state index in [1.807, 2.05) is 54.6 Å². The van der Waals surface area contributed by atoms with E-state index < -0.39 is 155 Å². The van der Waals surface area contributed by atoms with Gasteiger partial charge in [-0.3, -0.25) is 62.5 Å². The number of nitrogens with one attached hydrogen (secondary N) is 10. The van der Waals surface area contributed by atoms with Crippen molar-refractivity contribution in [1.82, 2.24) is 62.1 Å². The highest BCUT2D eigenvalue weighted by atomic mass is 33.1. The van der Waals surface area contributed by atoms with Crippen LogP contribution in [0.15, 0.2) is 121 Å². The first-order chi connectivity index (χ1) is 53.8. The van der Waals surface area contributed by atoms with Gasteiger partial charge in [0.2, 0.25) is 47.3 Å². The SMILES string of the molecule is C[C@@H]1CC(=O)[C@@H]2CSSC[C@H](NC(=O)[C@H](Cc3c[nH]c4ccccc34)NC(=O)[C@H](CCCCN)NC(=O)[C@H](CCCCN)NC(=O)[C@H](CCCCN)CC1=O)C(=O)N1CCCC[C@H]1C(=O)N[C@@H](Cc1cnc[nH]1)C(=O)N[C@H](Cc1ccccc1)C(=O)N[C@@H](CC1=CCC=N1)C(=O)C[C@@H](Cc1c[nH]c3ccccc13)C(=O)C2. The Morgan fingerprint density at radius 3 is 1.66 bits per heavy atom. The molecule has 111 heavy (non-hydrogen) atoms. The van der Waals surface area contributed by atoms with E-state index in [2.05, 4.69) is 62.1 Å². The zero-order valence-corrected chi connectivity index (χ0v) is 64.6. The van der Waals surface area contributed by atoms with Crippen LogP contribution in [-0.2, 0) is 83.2 Å². The maximum atomic E-state index is 16.0. The van der Waals surface area contributed by atoms with Gasteiger partial charge in [0, 0.05) is 158 Å². The summed E-state index contributed by atoms with van der Waals surface area (Å²) in [6.07, 6.45) is 12.3. The van der Waals surface area contributed by atoms with Crippen molar-refractivity contribution in [3.63, 3.8) is 0 Å². The molecular weight excluding hydrogens is 1450 g/mol. The van der Waals surface area contributed by atoms with E-state index in [-0.39, 0.29) is 102 Å². The molecular formula is C81H106N16O12S2. The number of H-pyrrole nitrogens is 3. The van der Waals surface area contributed by atoms with E-state index in [0.717, 1.165) is 43.4 Å². The summed E-state index contributed by atoms with van der Waals surface area (Å²) in [5, 5.41) is 22.1. The molecule has 4 aliphatic heterocycles. The highest BCUT2D eigenvalue weighted by molar-refractivity contribution is 8.76. The van der Waals surface area contributed by atoms with E-state index in [1.165, 1.54) is 17.4 Å². The minimum Gasteiger partial charge on any atom is -0.361 e. The number of imidazole rings is 1. The number of piperidine rings is 1. The first-order valence-electron chi connectivity index (χ1n) is 39.0. The molecule has 3 aromatic heterocycles. The number of rotatable bonds is 22. The number of ketones is 4. The molecule has 3 fully saturated rings. The third-order valence-electron chi connectivity index (χ3n) is 21.4. The van der Waals surface area contributed by atoms with Crippen molar-refractivity contribution in [3.05, 3.63) is 138 Å². The molecule has 12 atom stereocenters. The lowest BCUT2D eigenvalue weighted by Gasteiger charge is -2.38. The van der Waals surface area contributed by atoms with Crippen molar-refractivity contribution in [2.24, 2.45) is 45.9 Å². The summed E-state index contributed by atoms with van der Waals surface area (Å²) >= 11 is 0. The Labute approximate surface area is 654 Å². The molecule has 2 bridgehead atoms. The Hall–Kier alpha value is -9.62. The number of nitrogens with zero attached hydrogens (tertiary/aromatic N) is 3. The molecule has 0 saturated carbocycles. The Balaban J connectivity index is 1.09. The molecule has 0 spiro atoms. The molecule has 4 aliphatic rings. The largest absolute Gasteiger partial charge is 0.361 e. The van der Waals surface area contributed by atoms with E-state index in [1.54, 1.807) is 55.9 Å². The van der Waals surface area contributed by atoms with Crippen LogP contribution < -0.4 is 54.4 Å². The highest BCUT2D eigenvalue weighted by Crippen LogP contribution is 2.33. The number of unbranched alkanes of at least 4 members (excludes halogenated alkanes) is 3. The quantitative estimate of drug-likeness (QED) is 0.0303. The Bertz CT molecular complexity index is 4280. The number of aromatic nitrogens is 4. The number of aliphatic imine (C=N–C) groups is 1. The van der Waals surface area contributed by atoms with E-state index in [0.29, 0.717) is 92.4 Å². The Morgan fingerprint density at radius 2 is 1.03 bits per heavy atom. The van der Waals surface area contributed by atoms with Crippen molar-refractivity contribution in [2.45, 2.75) is 197 Å². The zero-order chi connectivity index (χ0) is 78.8. The van der Waals surface area contributed by atoms with Crippen LogP contribution in [-0.4, -0.2) is 187 Å². The number of carbonyl (C=O) groups is 12. The molecule has 0 radical (unpaired) electrons. The van der Waals surface area contributed by atoms with Crippen LogP contribution in [0.3, 0.4) is 0 Å². The van der Waals surface area contributed by atoms with Gasteiger partial charge in [-0.2, -0.15) is 0 Å². The summed E-state index contributed by atoms with van der Waals surface area (Å²) in [5.74, 6) is -12.4. The number of benzene rings is 3. The summed E-state index contributed by atoms with van der Waals surface area (Å²) in [7, 11) is 2.24. The summed E-state index contributed by atoms with van der Waals surface area (Å²) in [6.45, 7) is 2.44. The number of nitrogens with two attached hydrogens (primary N) is 3. The summed E-state index contributed by atoms with van der Waals surface area (Å²) in [6, 6.07) is 12.9. The van der Waals surface area contributed by atoms with Gasteiger partial charge in [-0.15, -0.1) is 0 Å². The van der Waals surface area contributed by atoms with Gasteiger partial charge < -0.3 is 74.3 Å². The molecule has 7 heterocycles. The van der Waals surface area contributed by atoms with Crippen molar-refractivity contribution in [1.29, 1.82) is 0 Å². The van der Waals surface area contributed by atoms with Gasteiger partial charge in [-0.05, 0) is 126 Å². The molecule has 30 heteroatoms. The minimum atomic E-state index is -1.48. The number of para-hydroxylation sites is 2. The van der Waals surface area contributed by atoms with E-state index in [9.17, 15) is 14.4 Å². The molecule has 3 aromatic carbocycles. The molecule has 8 amide bonds. The topological polar surface area (TPSA) is 443 Å². The van der Waals surface area contributed by atoms with Crippen molar-refractivity contribution in [3.8, 4) is 0 Å². The van der Waals surface area contributed by atoms with E-state index >= 15 is 43.2 Å². The third-order valence-corrected chi connectivity index (χ3v) is 23.9. The number of hydrogen-bond acceptors (Lipinski definition) is 19. The standard InChI is InChI=1S/C81H106N16O12S2/c1-49-34-71(99)55-40-72(100)52(36-53-43-87-60-24-7-5-22-58(53)60)39-73(101)64(41-56-21-17-32-86-56)92-77(105)65(35-50-18-3-2-4-19-50)93-79(107)67(42-57-45-85-48-89-57)95-80(108)69-28-12-16-33-97(69)81(109)68(47-111-110-46-55)96-78(106)66(37-54-44-88-61-25-8-6-23-59(54)61)94-76(104)63(27-11-15-31-84)91-75(103)62(26-10-14-30-83)90-74(102)51(38-70(49)98)20-9-13-29-82/h2-8,18-19,21-25,32,43-45,48-49,51-52,55,62-69,87-88H,9-17,20,26-31,33-42,46-47,82-84H2,1H3,(H,85,89)(H,90,102)(H,91,103)(H,92,105)(H,93,107)(H,94,104)(H,95,108)(H,96,106)/t49-,51-,52-,55+,62+,63+,64+,65-,66+,67+,68+,69+/m1/s1. The second-order valence-electron chi connectivity index (χ2n) is 29.6. The molecule has 16 N–H and O–H groups in total. The number of carbonyl (C=O) groups excluding carboxylic acids is 12. The van der Waals surface area contributed by atoms with Gasteiger partial charge >= 0.3 is 0 Å². The smallest absolute Gasteiger partial charge is 0.246 e. The second kappa shape index (κ2) is 42.1. The second-order valence-corrected chi connectivity index (χ2v) is 32.2. The summed E-state index contributed by atoms with van der Waals surface area (Å²) in [4.78, 5) is 204. The lowest BCUT2D eigenvalue weighted by atomic mass is 9.82. The van der Waals surface area contributed by atoms with Gasteiger partial charge in [-0.25, -0.2) is 4.98 Å². The lowest BCUT2D eigenvalue weighted by Crippen LogP contribution is -2.62. The number of hydrogen-bond donors (Lipinski definition) is 13. The predicted molar refractivity (Wildman–Crippen MR) is 427 cm³/mol. The monoisotopic (exact) mass is 1560 g/mol. The minimum absolute atomic E-state index is 0.00471. The average Bonchev–Trinajstić information content (AvgIpc) is 1.81. The van der Waals surface area contributed by atoms with Crippen LogP contribution in [0.2, 0.25) is 0 Å². The van der Waals surface area contributed by atoms with Gasteiger partial charge in [-0.1, -0.05) is 108 Å². The van der Waals surface area contributed by atoms with Crippen LogP contribution >= 0.6 is 21.6 Å². The van der Waals surface area contributed by atoms with Crippen molar-refractivity contribution < 1.29 is 57.5 Å². The van der Waals surface area contributed by atoms with Crippen LogP contribution in [0, 0.1) is 23.7 Å². The Morgan fingerprint density at radius 1 is 0.477 bits per heavy atom. The average molecular weight is 1560 g/mol. The molecule has 0 unspecified atom stereocenters. The van der Waals surface area contributed by atoms with E-state index in [4.69, 9.17) is 17.2 Å². The number of Topliss-reactive ketones (excluding diaryl/α,β-unsaturated/α-hetero) is 4. The predicted octanol–water partition coefficient (Wildman–Crippen LogP) is 5.28. The van der Waals surface area contributed by atoms with Gasteiger partial charge in [0.15, 0.2) is 5.78 Å². The fraction of sp³-hybridized carbons (Fsp3) is 0.506. The number of amides is 8. The maximum absolute atomic E-state index is 16.0. The first kappa shape index (κ1) is 83.8. The first-order valence-corrected chi connectivity index (χ1v) is 41.5. The van der Waals surface area contributed by atoms with Crippen LogP contribution in [0.4, 0.5) is 0 Å². The molecule has 0 aliphatic carbocycles. The molecule has 3 saturated heterocycles.